The van der Waals surface area contributed by atoms with Crippen molar-refractivity contribution < 1.29 is 13.2 Å². The molecule has 1 aliphatic heterocycles. The Morgan fingerprint density at radius 1 is 1.25 bits per heavy atom. The molecule has 0 bridgehead atoms. The molecule has 112 valence electrons. The van der Waals surface area contributed by atoms with Gasteiger partial charge in [-0.05, 0) is 32.9 Å². The van der Waals surface area contributed by atoms with Gasteiger partial charge in [0.2, 0.25) is 10.0 Å². The van der Waals surface area contributed by atoms with Crippen LogP contribution in [0.3, 0.4) is 0 Å². The van der Waals surface area contributed by atoms with Gasteiger partial charge >= 0.3 is 0 Å². The molecule has 0 aromatic heterocycles. The fourth-order valence-electron chi connectivity index (χ4n) is 2.49. The Kier molecular flexibility index (Phi) is 4.67. The van der Waals surface area contributed by atoms with Gasteiger partial charge in [0.25, 0.3) is 0 Å². The van der Waals surface area contributed by atoms with Crippen molar-refractivity contribution in [3.8, 4) is 0 Å². The van der Waals surface area contributed by atoms with Gasteiger partial charge in [-0.15, -0.1) is 0 Å². The Labute approximate surface area is 121 Å². The maximum atomic E-state index is 12.8. The van der Waals surface area contributed by atoms with E-state index < -0.39 is 10.0 Å². The summed E-state index contributed by atoms with van der Waals surface area (Å²) in [6, 6.07) is 7.03. The number of hydrogen-bond donors (Lipinski definition) is 1. The lowest BCUT2D eigenvalue weighted by Crippen LogP contribution is -2.48. The first-order valence-electron chi connectivity index (χ1n) is 6.93. The zero-order valence-electron chi connectivity index (χ0n) is 12.2. The minimum Gasteiger partial charge on any atom is -0.384 e. The number of rotatable bonds is 4. The van der Waals surface area contributed by atoms with Gasteiger partial charge in [-0.3, -0.25) is 0 Å². The molecule has 1 aromatic carbocycles. The van der Waals surface area contributed by atoms with Gasteiger partial charge in [0.05, 0.1) is 17.9 Å². The van der Waals surface area contributed by atoms with Crippen LogP contribution >= 0.6 is 0 Å². The number of benzene rings is 1. The van der Waals surface area contributed by atoms with E-state index in [2.05, 4.69) is 5.32 Å². The molecule has 1 N–H and O–H groups in total. The van der Waals surface area contributed by atoms with E-state index >= 15 is 0 Å². The van der Waals surface area contributed by atoms with E-state index in [4.69, 9.17) is 4.74 Å². The lowest BCUT2D eigenvalue weighted by atomic mass is 10.3. The maximum Gasteiger partial charge on any atom is 0.245 e. The van der Waals surface area contributed by atoms with Gasteiger partial charge in [0, 0.05) is 19.6 Å². The summed E-state index contributed by atoms with van der Waals surface area (Å²) in [7, 11) is -3.49. The fraction of sp³-hybridized carbons (Fsp3) is 0.571. The van der Waals surface area contributed by atoms with E-state index in [0.29, 0.717) is 30.2 Å². The number of para-hydroxylation sites is 1. The molecule has 0 saturated carbocycles. The largest absolute Gasteiger partial charge is 0.384 e. The summed E-state index contributed by atoms with van der Waals surface area (Å²) < 4.78 is 32.7. The summed E-state index contributed by atoms with van der Waals surface area (Å²) in [6.45, 7) is 7.22. The third-order valence-electron chi connectivity index (χ3n) is 3.26. The summed E-state index contributed by atoms with van der Waals surface area (Å²) in [4.78, 5) is 0.336. The molecular weight excluding hydrogens is 276 g/mol. The minimum absolute atomic E-state index is 0.0835. The average Bonchev–Trinajstić information content (AvgIpc) is 2.38. The molecule has 0 radical (unpaired) electrons. The molecule has 2 atom stereocenters. The van der Waals surface area contributed by atoms with Crippen molar-refractivity contribution in [3.05, 3.63) is 24.3 Å². The molecule has 1 fully saturated rings. The van der Waals surface area contributed by atoms with Gasteiger partial charge in [-0.1, -0.05) is 12.1 Å². The lowest BCUT2D eigenvalue weighted by Gasteiger charge is -2.34. The number of nitrogens with zero attached hydrogens (tertiary/aromatic N) is 1. The van der Waals surface area contributed by atoms with Crippen LogP contribution in [0.4, 0.5) is 5.69 Å². The average molecular weight is 298 g/mol. The molecule has 0 aliphatic carbocycles. The van der Waals surface area contributed by atoms with E-state index in [9.17, 15) is 8.42 Å². The third kappa shape index (κ3) is 3.13. The zero-order valence-corrected chi connectivity index (χ0v) is 13.0. The van der Waals surface area contributed by atoms with Gasteiger partial charge in [-0.2, -0.15) is 4.31 Å². The standard InChI is InChI=1S/C14H22N2O3S/c1-4-15-13-7-5-6-8-14(13)20(17,18)16-9-11(2)19-12(3)10-16/h5-8,11-12,15H,4,9-10H2,1-3H3/t11-,12+. The smallest absolute Gasteiger partial charge is 0.245 e. The topological polar surface area (TPSA) is 58.6 Å². The van der Waals surface area contributed by atoms with Crippen LogP contribution in [0.2, 0.25) is 0 Å². The molecule has 6 heteroatoms. The Bertz CT molecular complexity index is 549. The molecule has 2 rings (SSSR count). The number of hydrogen-bond acceptors (Lipinski definition) is 4. The Morgan fingerprint density at radius 3 is 2.45 bits per heavy atom. The highest BCUT2D eigenvalue weighted by Gasteiger charge is 2.33. The highest BCUT2D eigenvalue weighted by Crippen LogP contribution is 2.26. The highest BCUT2D eigenvalue weighted by molar-refractivity contribution is 7.89. The van der Waals surface area contributed by atoms with Gasteiger partial charge in [0.15, 0.2) is 0 Å². The summed E-state index contributed by atoms with van der Waals surface area (Å²) in [5.41, 5.74) is 0.654. The number of nitrogens with one attached hydrogen (secondary N) is 1. The van der Waals surface area contributed by atoms with Crippen molar-refractivity contribution in [2.75, 3.05) is 25.0 Å². The maximum absolute atomic E-state index is 12.8. The summed E-state index contributed by atoms with van der Waals surface area (Å²) in [5, 5.41) is 3.11. The van der Waals surface area contributed by atoms with Crippen LogP contribution in [0, 0.1) is 0 Å². The van der Waals surface area contributed by atoms with Crippen LogP contribution in [0.15, 0.2) is 29.2 Å². The summed E-state index contributed by atoms with van der Waals surface area (Å²) in [5.74, 6) is 0. The fourth-order valence-corrected chi connectivity index (χ4v) is 4.25. The van der Waals surface area contributed by atoms with Crippen molar-refractivity contribution in [3.63, 3.8) is 0 Å². The predicted molar refractivity (Wildman–Crippen MR) is 79.4 cm³/mol. The summed E-state index contributed by atoms with van der Waals surface area (Å²) >= 11 is 0. The molecule has 0 unspecified atom stereocenters. The van der Waals surface area contributed by atoms with Gasteiger partial charge in [-0.25, -0.2) is 8.42 Å². The molecule has 1 heterocycles. The van der Waals surface area contributed by atoms with Crippen LogP contribution in [0.25, 0.3) is 0 Å². The van der Waals surface area contributed by atoms with Crippen LogP contribution in [0.1, 0.15) is 20.8 Å². The zero-order chi connectivity index (χ0) is 14.8. The second kappa shape index (κ2) is 6.11. The first-order chi connectivity index (χ1) is 9.45. The van der Waals surface area contributed by atoms with Crippen molar-refractivity contribution >= 4 is 15.7 Å². The SMILES string of the molecule is CCNc1ccccc1S(=O)(=O)N1C[C@@H](C)O[C@@H](C)C1. The van der Waals surface area contributed by atoms with Crippen molar-refractivity contribution in [1.29, 1.82) is 0 Å². The van der Waals surface area contributed by atoms with Gasteiger partial charge < -0.3 is 10.1 Å². The molecule has 1 saturated heterocycles. The number of morpholine rings is 1. The molecular formula is C14H22N2O3S. The van der Waals surface area contributed by atoms with Crippen LogP contribution < -0.4 is 5.32 Å². The molecule has 0 amide bonds. The Hall–Kier alpha value is -1.11. The Balaban J connectivity index is 2.35. The van der Waals surface area contributed by atoms with E-state index in [1.54, 1.807) is 18.2 Å². The molecule has 1 aromatic rings. The third-order valence-corrected chi connectivity index (χ3v) is 5.15. The van der Waals surface area contributed by atoms with Crippen LogP contribution in [0.5, 0.6) is 0 Å². The lowest BCUT2D eigenvalue weighted by molar-refractivity contribution is -0.0440. The second-order valence-corrected chi connectivity index (χ2v) is 7.01. The molecule has 20 heavy (non-hydrogen) atoms. The summed E-state index contributed by atoms with van der Waals surface area (Å²) in [6.07, 6.45) is -0.167. The van der Waals surface area contributed by atoms with Crippen LogP contribution in [-0.4, -0.2) is 44.6 Å². The normalized spacial score (nSPS) is 24.6. The minimum atomic E-state index is -3.49. The Morgan fingerprint density at radius 2 is 1.85 bits per heavy atom. The predicted octanol–water partition coefficient (Wildman–Crippen LogP) is 1.92. The molecule has 0 spiro atoms. The monoisotopic (exact) mass is 298 g/mol. The first-order valence-corrected chi connectivity index (χ1v) is 8.37. The second-order valence-electron chi connectivity index (χ2n) is 5.11. The van der Waals surface area contributed by atoms with E-state index in [0.717, 1.165) is 0 Å². The van der Waals surface area contributed by atoms with Crippen LogP contribution in [-0.2, 0) is 14.8 Å². The van der Waals surface area contributed by atoms with Crippen molar-refractivity contribution in [2.45, 2.75) is 37.9 Å². The number of ether oxygens (including phenoxy) is 1. The van der Waals surface area contributed by atoms with Gasteiger partial charge in [0.1, 0.15) is 4.90 Å². The van der Waals surface area contributed by atoms with E-state index in [1.165, 1.54) is 4.31 Å². The first kappa shape index (κ1) is 15.3. The molecule has 1 aliphatic rings. The molecule has 5 nitrogen and oxygen atoms in total. The van der Waals surface area contributed by atoms with E-state index in [-0.39, 0.29) is 12.2 Å². The van der Waals surface area contributed by atoms with Crippen molar-refractivity contribution in [1.82, 2.24) is 4.31 Å². The number of anilines is 1. The quantitative estimate of drug-likeness (QED) is 0.922. The number of sulfonamides is 1. The van der Waals surface area contributed by atoms with E-state index in [1.807, 2.05) is 26.8 Å². The highest BCUT2D eigenvalue weighted by atomic mass is 32.2. The van der Waals surface area contributed by atoms with Crippen molar-refractivity contribution in [2.24, 2.45) is 0 Å².